The Hall–Kier alpha value is -19.9. The third-order valence-corrected chi connectivity index (χ3v) is 25.6. The SMILES string of the molecule is N#Cc1ccc(-c2ccc3c4ccccc4n(-c4cc(-c5ccc(C#N)c(-n6c7ccccc7c7c(-c8cc(C#N)ccc8-c8ccc9c%10ccc(-c%11ccc(C#N)cc%11)cc%10n(-c%10cc(-c%11ccc(C#N)c(-n%12c%13cc(-c%14ccc(C#N)cc%14)ccc%13c%13ccc(-c%14ccc(C#N)cc%14)cc%13%12)c%11)ccc%10C#N)c9c8)cc(-c8ccc(C#N)cc8)cc76)c5)ccc4C#N)c3c2)cc1. The fourth-order valence-corrected chi connectivity index (χ4v) is 19.1. The van der Waals surface area contributed by atoms with Crippen molar-refractivity contribution >= 4 is 87.2 Å². The summed E-state index contributed by atoms with van der Waals surface area (Å²) in [5, 5.41) is 114. The van der Waals surface area contributed by atoms with Crippen molar-refractivity contribution in [3.05, 3.63) is 420 Å². The average molecular weight is 1670 g/mol. The zero-order chi connectivity index (χ0) is 89.5. The summed E-state index contributed by atoms with van der Waals surface area (Å²) in [7, 11) is 0. The maximum absolute atomic E-state index is 11.6. The summed E-state index contributed by atoms with van der Waals surface area (Å²) in [6.07, 6.45) is 0. The number of hydrogen-bond donors (Lipinski definition) is 0. The van der Waals surface area contributed by atoms with Gasteiger partial charge in [0.1, 0.15) is 24.3 Å². The van der Waals surface area contributed by atoms with Gasteiger partial charge in [-0.3, -0.25) is 0 Å². The van der Waals surface area contributed by atoms with Gasteiger partial charge in [-0.25, -0.2) is 0 Å². The fraction of sp³-hybridized carbons (Fsp3) is 0. The molecule has 0 radical (unpaired) electrons. The predicted octanol–water partition coefficient (Wildman–Crippen LogP) is 27.8. The van der Waals surface area contributed by atoms with Crippen LogP contribution in [0.4, 0.5) is 0 Å². The minimum atomic E-state index is 0.369. The number of para-hydroxylation sites is 2. The molecule has 0 fully saturated rings. The maximum Gasteiger partial charge on any atom is 0.101 e. The van der Waals surface area contributed by atoms with Gasteiger partial charge in [-0.1, -0.05) is 188 Å². The van der Waals surface area contributed by atoms with Crippen LogP contribution in [0.15, 0.2) is 364 Å². The molecule has 0 amide bonds. The Morgan fingerprint density at radius 1 is 0.144 bits per heavy atom. The van der Waals surface area contributed by atoms with Crippen LogP contribution in [0.5, 0.6) is 0 Å². The summed E-state index contributed by atoms with van der Waals surface area (Å²) in [4.78, 5) is 0. The van der Waals surface area contributed by atoms with Crippen molar-refractivity contribution < 1.29 is 0 Å². The standard InChI is InChI=1S/C118H60N14/c119-61-71-9-20-77(21-10-71)82-38-44-98-97-5-1-3-7-106(97)129(112(98)55-82)108-51-86(30-34-91(108)67-125)87-31-35-92(68-126)109(52-87)130-107-8-4-2-6-103(107)118-105(50-95(60-117(118)130)81-28-17-75(65-123)18-29-81)104-49-76(66-124)19-43-96(104)90-42-48-102-101-47-41-85(80-26-15-74(64-122)16-27-80)58-115(101)132(116(102)59-90)111-54-89(33-37-94(111)70-128)88-32-36-93(69-127)110(53-88)131-113-56-83(78-22-11-72(62-120)12-23-78)39-45-99(113)100-46-40-84(57-114(100)131)79-24-13-73(63-121)14-25-79/h1-60H. The number of nitriles is 10. The molecule has 602 valence electrons. The molecular formula is C118H60N14. The number of nitrogens with zero attached hydrogens (tertiary/aromatic N) is 14. The van der Waals surface area contributed by atoms with Gasteiger partial charge in [0.25, 0.3) is 0 Å². The monoisotopic (exact) mass is 1670 g/mol. The number of fused-ring (bicyclic) bond motifs is 12. The Morgan fingerprint density at radius 3 is 0.720 bits per heavy atom. The zero-order valence-corrected chi connectivity index (χ0v) is 69.9. The molecule has 0 saturated heterocycles. The van der Waals surface area contributed by atoms with Gasteiger partial charge < -0.3 is 18.3 Å². The van der Waals surface area contributed by atoms with Crippen LogP contribution in [0.25, 0.3) is 210 Å². The molecule has 4 aromatic heterocycles. The highest BCUT2D eigenvalue weighted by Gasteiger charge is 2.28. The number of rotatable bonds is 13. The van der Waals surface area contributed by atoms with E-state index in [-0.39, 0.29) is 0 Å². The molecule has 14 nitrogen and oxygen atoms in total. The summed E-state index contributed by atoms with van der Waals surface area (Å²) in [5.74, 6) is 0. The molecular weight excluding hydrogens is 1610 g/mol. The van der Waals surface area contributed by atoms with Crippen LogP contribution in [0.2, 0.25) is 0 Å². The molecule has 22 aromatic rings. The lowest BCUT2D eigenvalue weighted by Gasteiger charge is -2.17. The van der Waals surface area contributed by atoms with E-state index in [4.69, 9.17) is 0 Å². The Balaban J connectivity index is 0.735. The molecule has 14 heteroatoms. The van der Waals surface area contributed by atoms with Crippen molar-refractivity contribution in [1.82, 2.24) is 18.3 Å². The normalized spacial score (nSPS) is 11.1. The van der Waals surface area contributed by atoms with E-state index in [2.05, 4.69) is 206 Å². The first-order valence-electron chi connectivity index (χ1n) is 42.5. The minimum absolute atomic E-state index is 0.369. The lowest BCUT2D eigenvalue weighted by atomic mass is 9.88. The molecule has 18 aromatic carbocycles. The van der Waals surface area contributed by atoms with Crippen LogP contribution in [-0.2, 0) is 0 Å². The molecule has 22 rings (SSSR count). The summed E-state index contributed by atoms with van der Waals surface area (Å²) in [5.41, 5.74) is 28.4. The van der Waals surface area contributed by atoms with Gasteiger partial charge >= 0.3 is 0 Å². The second-order valence-corrected chi connectivity index (χ2v) is 32.6. The van der Waals surface area contributed by atoms with Crippen molar-refractivity contribution in [3.63, 3.8) is 0 Å². The van der Waals surface area contributed by atoms with Crippen LogP contribution < -0.4 is 0 Å². The zero-order valence-electron chi connectivity index (χ0n) is 69.9. The van der Waals surface area contributed by atoms with Gasteiger partial charge in [0.15, 0.2) is 0 Å². The molecule has 0 bridgehead atoms. The van der Waals surface area contributed by atoms with Crippen molar-refractivity contribution in [3.8, 4) is 184 Å². The Labute approximate surface area is 756 Å². The number of aromatic nitrogens is 4. The highest BCUT2D eigenvalue weighted by molar-refractivity contribution is 6.20. The fourth-order valence-electron chi connectivity index (χ4n) is 19.1. The first kappa shape index (κ1) is 78.1. The minimum Gasteiger partial charge on any atom is -0.308 e. The van der Waals surface area contributed by atoms with Gasteiger partial charge in [0.05, 0.1) is 159 Å². The topological polar surface area (TPSA) is 258 Å². The van der Waals surface area contributed by atoms with E-state index < -0.39 is 0 Å². The van der Waals surface area contributed by atoms with Crippen LogP contribution in [0, 0.1) is 113 Å². The van der Waals surface area contributed by atoms with Crippen molar-refractivity contribution in [2.24, 2.45) is 0 Å². The summed E-state index contributed by atoms with van der Waals surface area (Å²) >= 11 is 0. The Morgan fingerprint density at radius 2 is 0.386 bits per heavy atom. The average Bonchev–Trinajstić information content (AvgIpc) is 1.60. The van der Waals surface area contributed by atoms with Gasteiger partial charge in [-0.2, -0.15) is 52.6 Å². The van der Waals surface area contributed by atoms with Gasteiger partial charge in [-0.05, 0) is 276 Å². The van der Waals surface area contributed by atoms with Crippen molar-refractivity contribution in [2.45, 2.75) is 0 Å². The maximum atomic E-state index is 11.6. The van der Waals surface area contributed by atoms with E-state index in [9.17, 15) is 52.6 Å². The summed E-state index contributed by atoms with van der Waals surface area (Å²) in [6, 6.07) is 142. The van der Waals surface area contributed by atoms with Gasteiger partial charge in [0, 0.05) is 43.1 Å². The first-order chi connectivity index (χ1) is 64.9. The second-order valence-electron chi connectivity index (χ2n) is 32.6. The van der Waals surface area contributed by atoms with E-state index in [1.165, 1.54) is 0 Å². The van der Waals surface area contributed by atoms with Crippen molar-refractivity contribution in [1.29, 1.82) is 52.6 Å². The lowest BCUT2D eigenvalue weighted by Crippen LogP contribution is -2.01. The molecule has 0 atom stereocenters. The molecule has 4 heterocycles. The van der Waals surface area contributed by atoms with Gasteiger partial charge in [-0.15, -0.1) is 0 Å². The smallest absolute Gasteiger partial charge is 0.101 e. The van der Waals surface area contributed by atoms with Crippen LogP contribution >= 0.6 is 0 Å². The lowest BCUT2D eigenvalue weighted by molar-refractivity contribution is 1.16. The molecule has 132 heavy (non-hydrogen) atoms. The highest BCUT2D eigenvalue weighted by Crippen LogP contribution is 2.49. The molecule has 0 N–H and O–H groups in total. The van der Waals surface area contributed by atoms with Crippen LogP contribution in [0.3, 0.4) is 0 Å². The highest BCUT2D eigenvalue weighted by atomic mass is 15.0. The third-order valence-electron chi connectivity index (χ3n) is 25.6. The molecule has 0 aliphatic carbocycles. The first-order valence-corrected chi connectivity index (χ1v) is 42.5. The molecule has 0 aliphatic heterocycles. The summed E-state index contributed by atoms with van der Waals surface area (Å²) in [6.45, 7) is 0. The van der Waals surface area contributed by atoms with E-state index in [0.717, 1.165) is 182 Å². The van der Waals surface area contributed by atoms with E-state index >= 15 is 0 Å². The quantitative estimate of drug-likeness (QED) is 0.105. The Kier molecular flexibility index (Phi) is 18.7. The molecule has 0 unspecified atom stereocenters. The van der Waals surface area contributed by atoms with E-state index in [0.29, 0.717) is 83.9 Å². The Bertz CT molecular complexity index is 9130. The largest absolute Gasteiger partial charge is 0.308 e. The van der Waals surface area contributed by atoms with E-state index in [1.807, 2.05) is 188 Å². The molecule has 0 aliphatic rings. The second kappa shape index (κ2) is 31.7. The van der Waals surface area contributed by atoms with Crippen LogP contribution in [-0.4, -0.2) is 18.3 Å². The molecule has 0 spiro atoms. The summed E-state index contributed by atoms with van der Waals surface area (Å²) < 4.78 is 8.58. The van der Waals surface area contributed by atoms with Gasteiger partial charge in [0.2, 0.25) is 0 Å². The van der Waals surface area contributed by atoms with Crippen molar-refractivity contribution in [2.75, 3.05) is 0 Å². The number of benzene rings is 18. The third kappa shape index (κ3) is 12.9. The van der Waals surface area contributed by atoms with E-state index in [1.54, 1.807) is 48.5 Å². The predicted molar refractivity (Wildman–Crippen MR) is 520 cm³/mol. The number of hydrogen-bond acceptors (Lipinski definition) is 10. The van der Waals surface area contributed by atoms with Crippen LogP contribution in [0.1, 0.15) is 55.6 Å². The molecule has 0 saturated carbocycles.